The molecule has 166 valence electrons. The van der Waals surface area contributed by atoms with Crippen molar-refractivity contribution < 1.29 is 9.53 Å². The molecular formula is C24H38N4O2. The van der Waals surface area contributed by atoms with Crippen LogP contribution in [0.25, 0.3) is 0 Å². The topological polar surface area (TPSA) is 39.3 Å². The molecule has 0 aliphatic carbocycles. The number of benzene rings is 1. The van der Waals surface area contributed by atoms with E-state index >= 15 is 0 Å². The number of ether oxygens (including phenoxy) is 1. The Hall–Kier alpha value is -1.63. The van der Waals surface area contributed by atoms with Crippen molar-refractivity contribution in [2.75, 3.05) is 70.9 Å². The Morgan fingerprint density at radius 3 is 2.10 bits per heavy atom. The molecule has 0 spiro atoms. The van der Waals surface area contributed by atoms with Gasteiger partial charge in [0.05, 0.1) is 6.10 Å². The van der Waals surface area contributed by atoms with E-state index in [9.17, 15) is 4.79 Å². The van der Waals surface area contributed by atoms with Crippen molar-refractivity contribution in [2.24, 2.45) is 0 Å². The fourth-order valence-electron chi connectivity index (χ4n) is 5.23. The maximum absolute atomic E-state index is 12.8. The number of amides is 1. The summed E-state index contributed by atoms with van der Waals surface area (Å²) in [6.45, 7) is 11.4. The second kappa shape index (κ2) is 10.1. The minimum Gasteiger partial charge on any atom is -0.381 e. The number of anilines is 1. The first-order chi connectivity index (χ1) is 14.7. The number of hydrogen-bond donors (Lipinski definition) is 0. The van der Waals surface area contributed by atoms with Crippen LogP contribution in [-0.2, 0) is 4.74 Å². The van der Waals surface area contributed by atoms with Gasteiger partial charge in [0, 0.05) is 76.8 Å². The Kier molecular flexibility index (Phi) is 7.28. The Morgan fingerprint density at radius 1 is 0.900 bits per heavy atom. The zero-order chi connectivity index (χ0) is 20.9. The molecule has 6 heteroatoms. The molecule has 0 bridgehead atoms. The summed E-state index contributed by atoms with van der Waals surface area (Å²) in [5.41, 5.74) is 2.07. The number of nitrogens with zero attached hydrogens (tertiary/aromatic N) is 4. The Bertz CT molecular complexity index is 671. The number of likely N-dealkylation sites (tertiary alicyclic amines) is 1. The number of piperidine rings is 2. The summed E-state index contributed by atoms with van der Waals surface area (Å²) in [5, 5.41) is 0. The van der Waals surface area contributed by atoms with Crippen molar-refractivity contribution in [3.63, 3.8) is 0 Å². The van der Waals surface area contributed by atoms with Gasteiger partial charge < -0.3 is 24.3 Å². The SMILES string of the molecule is CCN1CCN(C(=O)c2ccc(N3CCC(N4CCC(OC)CC4)CC3)cc2)CC1. The molecule has 0 saturated carbocycles. The number of hydrogen-bond acceptors (Lipinski definition) is 5. The van der Waals surface area contributed by atoms with Gasteiger partial charge in [-0.1, -0.05) is 6.92 Å². The average Bonchev–Trinajstić information content (AvgIpc) is 2.84. The molecule has 0 unspecified atom stereocenters. The van der Waals surface area contributed by atoms with Gasteiger partial charge in [0.1, 0.15) is 0 Å². The van der Waals surface area contributed by atoms with Crippen molar-refractivity contribution in [1.29, 1.82) is 0 Å². The van der Waals surface area contributed by atoms with Gasteiger partial charge in [-0.2, -0.15) is 0 Å². The lowest BCUT2D eigenvalue weighted by atomic mass is 9.98. The van der Waals surface area contributed by atoms with Crippen molar-refractivity contribution >= 4 is 11.6 Å². The van der Waals surface area contributed by atoms with Gasteiger partial charge >= 0.3 is 0 Å². The van der Waals surface area contributed by atoms with Crippen LogP contribution < -0.4 is 4.90 Å². The van der Waals surface area contributed by atoms with E-state index in [0.29, 0.717) is 12.1 Å². The van der Waals surface area contributed by atoms with Gasteiger partial charge in [0.25, 0.3) is 5.91 Å². The predicted octanol–water partition coefficient (Wildman–Crippen LogP) is 2.54. The molecule has 6 nitrogen and oxygen atoms in total. The number of likely N-dealkylation sites (N-methyl/N-ethyl adjacent to an activating group) is 1. The molecule has 0 aromatic heterocycles. The molecule has 1 aromatic rings. The van der Waals surface area contributed by atoms with Crippen molar-refractivity contribution in [2.45, 2.75) is 44.8 Å². The number of carbonyl (C=O) groups is 1. The van der Waals surface area contributed by atoms with E-state index < -0.39 is 0 Å². The first-order valence-electron chi connectivity index (χ1n) is 11.8. The lowest BCUT2D eigenvalue weighted by Crippen LogP contribution is -2.48. The van der Waals surface area contributed by atoms with Gasteiger partial charge in [-0.15, -0.1) is 0 Å². The molecule has 1 aromatic carbocycles. The first kappa shape index (κ1) is 21.6. The van der Waals surface area contributed by atoms with E-state index in [1.165, 1.54) is 44.5 Å². The fraction of sp³-hybridized carbons (Fsp3) is 0.708. The van der Waals surface area contributed by atoms with Crippen LogP contribution in [-0.4, -0.2) is 98.8 Å². The quantitative estimate of drug-likeness (QED) is 0.741. The van der Waals surface area contributed by atoms with Gasteiger partial charge in [-0.3, -0.25) is 4.79 Å². The second-order valence-corrected chi connectivity index (χ2v) is 8.96. The third kappa shape index (κ3) is 4.98. The number of carbonyl (C=O) groups excluding carboxylic acids is 1. The third-order valence-corrected chi connectivity index (χ3v) is 7.38. The van der Waals surface area contributed by atoms with Gasteiger partial charge in [0.15, 0.2) is 0 Å². The van der Waals surface area contributed by atoms with Crippen LogP contribution in [0.2, 0.25) is 0 Å². The monoisotopic (exact) mass is 414 g/mol. The molecule has 0 radical (unpaired) electrons. The maximum Gasteiger partial charge on any atom is 0.253 e. The Labute approximate surface area is 181 Å². The molecular weight excluding hydrogens is 376 g/mol. The summed E-state index contributed by atoms with van der Waals surface area (Å²) in [5.74, 6) is 0.176. The smallest absolute Gasteiger partial charge is 0.253 e. The van der Waals surface area contributed by atoms with E-state index in [-0.39, 0.29) is 5.91 Å². The molecule has 4 rings (SSSR count). The third-order valence-electron chi connectivity index (χ3n) is 7.38. The highest BCUT2D eigenvalue weighted by Crippen LogP contribution is 2.26. The average molecular weight is 415 g/mol. The molecule has 1 amide bonds. The number of methoxy groups -OCH3 is 1. The van der Waals surface area contributed by atoms with E-state index in [4.69, 9.17) is 4.74 Å². The Morgan fingerprint density at radius 2 is 1.53 bits per heavy atom. The molecule has 3 aliphatic rings. The molecule has 3 saturated heterocycles. The van der Waals surface area contributed by atoms with Gasteiger partial charge in [-0.05, 0) is 56.5 Å². The first-order valence-corrected chi connectivity index (χ1v) is 11.8. The van der Waals surface area contributed by atoms with E-state index in [2.05, 4.69) is 33.8 Å². The van der Waals surface area contributed by atoms with Crippen LogP contribution in [0.15, 0.2) is 24.3 Å². The van der Waals surface area contributed by atoms with Gasteiger partial charge in [0.2, 0.25) is 0 Å². The molecule has 30 heavy (non-hydrogen) atoms. The number of piperazine rings is 1. The van der Waals surface area contributed by atoms with Crippen LogP contribution in [0.1, 0.15) is 43.0 Å². The number of rotatable bonds is 5. The van der Waals surface area contributed by atoms with Crippen LogP contribution in [0, 0.1) is 0 Å². The largest absolute Gasteiger partial charge is 0.381 e. The highest BCUT2D eigenvalue weighted by Gasteiger charge is 2.28. The summed E-state index contributed by atoms with van der Waals surface area (Å²) < 4.78 is 5.51. The summed E-state index contributed by atoms with van der Waals surface area (Å²) in [7, 11) is 1.84. The summed E-state index contributed by atoms with van der Waals surface area (Å²) in [6.07, 6.45) is 5.23. The van der Waals surface area contributed by atoms with Crippen molar-refractivity contribution in [3.8, 4) is 0 Å². The molecule has 0 atom stereocenters. The van der Waals surface area contributed by atoms with E-state index in [0.717, 1.165) is 51.4 Å². The zero-order valence-corrected chi connectivity index (χ0v) is 18.8. The van der Waals surface area contributed by atoms with Crippen LogP contribution in [0.4, 0.5) is 5.69 Å². The zero-order valence-electron chi connectivity index (χ0n) is 18.8. The Balaban J connectivity index is 1.26. The molecule has 3 fully saturated rings. The minimum atomic E-state index is 0.176. The summed E-state index contributed by atoms with van der Waals surface area (Å²) in [6, 6.07) is 9.03. The maximum atomic E-state index is 12.8. The lowest BCUT2D eigenvalue weighted by molar-refractivity contribution is 0.0233. The molecule has 3 aliphatic heterocycles. The van der Waals surface area contributed by atoms with E-state index in [1.807, 2.05) is 24.1 Å². The predicted molar refractivity (Wildman–Crippen MR) is 121 cm³/mol. The van der Waals surface area contributed by atoms with E-state index in [1.54, 1.807) is 0 Å². The fourth-order valence-corrected chi connectivity index (χ4v) is 5.23. The minimum absolute atomic E-state index is 0.176. The highest BCUT2D eigenvalue weighted by molar-refractivity contribution is 5.94. The normalized spacial score (nSPS) is 23.1. The highest BCUT2D eigenvalue weighted by atomic mass is 16.5. The molecule has 0 N–H and O–H groups in total. The van der Waals surface area contributed by atoms with Gasteiger partial charge in [-0.25, -0.2) is 0 Å². The standard InChI is InChI=1S/C24H38N4O2/c1-3-25-16-18-28(19-17-25)24(29)20-4-6-21(7-5-20)26-12-8-22(9-13-26)27-14-10-23(30-2)11-15-27/h4-7,22-23H,3,8-19H2,1-2H3. The van der Waals surface area contributed by atoms with Crippen LogP contribution in [0.3, 0.4) is 0 Å². The van der Waals surface area contributed by atoms with Crippen LogP contribution in [0.5, 0.6) is 0 Å². The second-order valence-electron chi connectivity index (χ2n) is 8.96. The van der Waals surface area contributed by atoms with Crippen molar-refractivity contribution in [1.82, 2.24) is 14.7 Å². The van der Waals surface area contributed by atoms with Crippen LogP contribution >= 0.6 is 0 Å². The van der Waals surface area contributed by atoms with Crippen molar-refractivity contribution in [3.05, 3.63) is 29.8 Å². The molecule has 3 heterocycles. The lowest BCUT2D eigenvalue weighted by Gasteiger charge is -2.42. The summed E-state index contributed by atoms with van der Waals surface area (Å²) in [4.78, 5) is 22.4. The summed E-state index contributed by atoms with van der Waals surface area (Å²) >= 11 is 0.